The third-order valence-corrected chi connectivity index (χ3v) is 0.538. The molecule has 0 aromatic carbocycles. The van der Waals surface area contributed by atoms with E-state index in [1.54, 1.807) is 0 Å². The Kier molecular flexibility index (Phi) is 0.515. The van der Waals surface area contributed by atoms with E-state index in [4.69, 9.17) is 6.48 Å². The van der Waals surface area contributed by atoms with Gasteiger partial charge in [0, 0.05) is 12.4 Å². The standard InChI is InChI=1S/C4H5NO/c6-4-1-2-5-3-4/h1-4,6H/i4D. The van der Waals surface area contributed by atoms with Gasteiger partial charge < -0.3 is 5.11 Å². The van der Waals surface area contributed by atoms with Gasteiger partial charge in [0.2, 0.25) is 0 Å². The molecule has 0 radical (unpaired) electrons. The Bertz CT molecular complexity index is 114. The molecule has 0 saturated carbocycles. The average Bonchev–Trinajstić information content (AvgIpc) is 1.84. The number of hydrogen-bond acceptors (Lipinski definition) is 2. The summed E-state index contributed by atoms with van der Waals surface area (Å²) in [5.74, 6) is 0. The summed E-state index contributed by atoms with van der Waals surface area (Å²) < 4.78 is 6.81. The Morgan fingerprint density at radius 3 is 3.00 bits per heavy atom. The molecule has 0 fully saturated rings. The Labute approximate surface area is 37.2 Å². The highest BCUT2D eigenvalue weighted by atomic mass is 16.3. The zero-order valence-electron chi connectivity index (χ0n) is 4.13. The number of hydrogen-bond donors (Lipinski definition) is 1. The van der Waals surface area contributed by atoms with Crippen LogP contribution in [0.3, 0.4) is 0 Å². The predicted octanol–water partition coefficient (Wildman–Crippen LogP) is -0.0546. The van der Waals surface area contributed by atoms with Gasteiger partial charge in [-0.3, -0.25) is 4.99 Å². The maximum atomic E-state index is 8.62. The first-order valence-corrected chi connectivity index (χ1v) is 1.65. The number of nitrogens with zero attached hydrogens (tertiary/aromatic N) is 1. The van der Waals surface area contributed by atoms with Gasteiger partial charge in [-0.2, -0.15) is 0 Å². The lowest BCUT2D eigenvalue weighted by atomic mass is 10.4. The smallest absolute Gasteiger partial charge is 0.109 e. The molecule has 1 atom stereocenters. The summed E-state index contributed by atoms with van der Waals surface area (Å²) in [7, 11) is 0. The topological polar surface area (TPSA) is 32.6 Å². The molecule has 1 heterocycles. The van der Waals surface area contributed by atoms with Crippen LogP contribution < -0.4 is 0 Å². The van der Waals surface area contributed by atoms with E-state index < -0.39 is 6.08 Å². The molecule has 6 heavy (non-hydrogen) atoms. The minimum atomic E-state index is -1.53. The van der Waals surface area contributed by atoms with Crippen molar-refractivity contribution in [2.75, 3.05) is 0 Å². The first-order valence-electron chi connectivity index (χ1n) is 2.15. The van der Waals surface area contributed by atoms with Crippen molar-refractivity contribution in [2.45, 2.75) is 6.08 Å². The summed E-state index contributed by atoms with van der Waals surface area (Å²) in [6.45, 7) is 0. The predicted molar refractivity (Wildman–Crippen MR) is 23.6 cm³/mol. The van der Waals surface area contributed by atoms with E-state index in [2.05, 4.69) is 4.99 Å². The first-order chi connectivity index (χ1) is 3.21. The number of rotatable bonds is 0. The fourth-order valence-electron chi connectivity index (χ4n) is 0.282. The van der Waals surface area contributed by atoms with Gasteiger partial charge in [0.25, 0.3) is 0 Å². The Hall–Kier alpha value is -0.630. The minimum absolute atomic E-state index is 1.16. The van der Waals surface area contributed by atoms with E-state index >= 15 is 0 Å². The lowest BCUT2D eigenvalue weighted by Gasteiger charge is -1.81. The van der Waals surface area contributed by atoms with Crippen molar-refractivity contribution in [1.82, 2.24) is 0 Å². The average molecular weight is 84.1 g/mol. The van der Waals surface area contributed by atoms with E-state index in [9.17, 15) is 0 Å². The molecule has 1 N–H and O–H groups in total. The minimum Gasteiger partial charge on any atom is -0.383 e. The van der Waals surface area contributed by atoms with Gasteiger partial charge >= 0.3 is 0 Å². The molecular formula is C4H5NO. The van der Waals surface area contributed by atoms with Crippen molar-refractivity contribution in [2.24, 2.45) is 4.99 Å². The molecule has 1 aliphatic rings. The molecule has 32 valence electrons. The van der Waals surface area contributed by atoms with Gasteiger partial charge in [-0.25, -0.2) is 0 Å². The Balaban J connectivity index is 2.77. The summed E-state index contributed by atoms with van der Waals surface area (Å²) in [6, 6.07) is 0. The molecule has 1 unspecified atom stereocenters. The van der Waals surface area contributed by atoms with Gasteiger partial charge in [-0.15, -0.1) is 0 Å². The maximum absolute atomic E-state index is 8.62. The Morgan fingerprint density at radius 2 is 2.83 bits per heavy atom. The highest BCUT2D eigenvalue weighted by molar-refractivity contribution is 5.68. The second kappa shape index (κ2) is 1.22. The van der Waals surface area contributed by atoms with Gasteiger partial charge in [0.05, 0.1) is 1.37 Å². The third kappa shape index (κ3) is 0.466. The maximum Gasteiger partial charge on any atom is 0.109 e. The van der Waals surface area contributed by atoms with Crippen LogP contribution in [0, 0.1) is 0 Å². The summed E-state index contributed by atoms with van der Waals surface area (Å²) in [4.78, 5) is 3.49. The van der Waals surface area contributed by atoms with Gasteiger partial charge in [-0.1, -0.05) is 0 Å². The molecule has 2 nitrogen and oxygen atoms in total. The molecule has 1 rings (SSSR count). The first kappa shape index (κ1) is 2.53. The molecule has 0 spiro atoms. The van der Waals surface area contributed by atoms with E-state index in [0.717, 1.165) is 6.21 Å². The SMILES string of the molecule is [2H]C1(O)C=CN=C1. The van der Waals surface area contributed by atoms with Crippen LogP contribution in [-0.2, 0) is 0 Å². The molecule has 0 aliphatic carbocycles. The van der Waals surface area contributed by atoms with Crippen LogP contribution in [0.4, 0.5) is 0 Å². The monoisotopic (exact) mass is 84.0 g/mol. The van der Waals surface area contributed by atoms with Gasteiger partial charge in [-0.05, 0) is 6.08 Å². The second-order valence-electron chi connectivity index (χ2n) is 1.02. The fraction of sp³-hybridized carbons (Fsp3) is 0.250. The highest BCUT2D eigenvalue weighted by Gasteiger charge is 1.93. The van der Waals surface area contributed by atoms with Crippen molar-refractivity contribution < 1.29 is 6.48 Å². The van der Waals surface area contributed by atoms with Crippen LogP contribution in [-0.4, -0.2) is 17.4 Å². The third-order valence-electron chi connectivity index (χ3n) is 0.538. The summed E-state index contributed by atoms with van der Waals surface area (Å²) in [5, 5.41) is 8.62. The van der Waals surface area contributed by atoms with Crippen molar-refractivity contribution in [3.05, 3.63) is 12.3 Å². The van der Waals surface area contributed by atoms with Gasteiger partial charge in [0.15, 0.2) is 0 Å². The molecule has 1 aliphatic heterocycles. The van der Waals surface area contributed by atoms with Crippen LogP contribution in [0.15, 0.2) is 17.3 Å². The highest BCUT2D eigenvalue weighted by Crippen LogP contribution is 1.89. The fourth-order valence-corrected chi connectivity index (χ4v) is 0.282. The van der Waals surface area contributed by atoms with E-state index in [0.29, 0.717) is 0 Å². The quantitative estimate of drug-likeness (QED) is 0.438. The summed E-state index contributed by atoms with van der Waals surface area (Å²) >= 11 is 0. The molecule has 0 amide bonds. The zero-order valence-corrected chi connectivity index (χ0v) is 3.13. The number of aliphatic imine (C=N–C) groups is 1. The van der Waals surface area contributed by atoms with Crippen LogP contribution >= 0.6 is 0 Å². The summed E-state index contributed by atoms with van der Waals surface area (Å²) in [6.07, 6.45) is 2.33. The van der Waals surface area contributed by atoms with Gasteiger partial charge in [0.1, 0.15) is 6.08 Å². The number of aliphatic hydroxyl groups is 1. The molecular weight excluding hydrogens is 78.0 g/mol. The lowest BCUT2D eigenvalue weighted by molar-refractivity contribution is 0.296. The van der Waals surface area contributed by atoms with E-state index in [1.807, 2.05) is 0 Å². The van der Waals surface area contributed by atoms with Crippen molar-refractivity contribution in [1.29, 1.82) is 0 Å². The molecule has 0 aromatic heterocycles. The lowest BCUT2D eigenvalue weighted by Crippen LogP contribution is -1.97. The largest absolute Gasteiger partial charge is 0.383 e. The van der Waals surface area contributed by atoms with E-state index in [1.165, 1.54) is 12.3 Å². The van der Waals surface area contributed by atoms with Crippen molar-refractivity contribution >= 4 is 6.21 Å². The summed E-state index contributed by atoms with van der Waals surface area (Å²) in [5.41, 5.74) is 0. The van der Waals surface area contributed by atoms with Crippen LogP contribution in [0.5, 0.6) is 0 Å². The second-order valence-corrected chi connectivity index (χ2v) is 1.02. The molecule has 0 bridgehead atoms. The van der Waals surface area contributed by atoms with Crippen molar-refractivity contribution in [3.8, 4) is 0 Å². The molecule has 0 saturated heterocycles. The molecule has 0 aromatic rings. The van der Waals surface area contributed by atoms with Crippen molar-refractivity contribution in [3.63, 3.8) is 0 Å². The van der Waals surface area contributed by atoms with Crippen LogP contribution in [0.2, 0.25) is 0 Å². The van der Waals surface area contributed by atoms with Crippen LogP contribution in [0.25, 0.3) is 0 Å². The Morgan fingerprint density at radius 1 is 2.00 bits per heavy atom. The van der Waals surface area contributed by atoms with E-state index in [-0.39, 0.29) is 0 Å². The normalized spacial score (nSPS) is 43.8. The zero-order chi connectivity index (χ0) is 5.33. The molecule has 2 heteroatoms. The van der Waals surface area contributed by atoms with Crippen LogP contribution in [0.1, 0.15) is 1.37 Å².